The lowest BCUT2D eigenvalue weighted by atomic mass is 9.94. The highest BCUT2D eigenvalue weighted by Gasteiger charge is 2.35. The number of amides is 2. The van der Waals surface area contributed by atoms with Gasteiger partial charge in [-0.15, -0.1) is 0 Å². The number of carbonyl (C=O) groups excluding carboxylic acids is 2. The Balaban J connectivity index is 1.77. The van der Waals surface area contributed by atoms with Crippen LogP contribution in [0.15, 0.2) is 66.7 Å². The molecule has 3 aromatic carbocycles. The van der Waals surface area contributed by atoms with Crippen LogP contribution in [-0.4, -0.2) is 50.0 Å². The van der Waals surface area contributed by atoms with Gasteiger partial charge in [0.2, 0.25) is 21.8 Å². The minimum atomic E-state index is -3.98. The monoisotopic (exact) mass is 683 g/mol. The van der Waals surface area contributed by atoms with Gasteiger partial charge in [-0.2, -0.15) is 0 Å². The molecule has 0 unspecified atom stereocenters. The van der Waals surface area contributed by atoms with Gasteiger partial charge < -0.3 is 10.2 Å². The molecule has 0 radical (unpaired) electrons. The number of nitrogens with one attached hydrogen (secondary N) is 1. The molecular formula is C31H33Cl4N3O4S. The fourth-order valence-electron chi connectivity index (χ4n) is 5.25. The molecule has 7 nitrogen and oxygen atoms in total. The van der Waals surface area contributed by atoms with Crippen molar-refractivity contribution in [2.75, 3.05) is 17.1 Å². The van der Waals surface area contributed by atoms with Gasteiger partial charge >= 0.3 is 0 Å². The number of sulfonamides is 1. The van der Waals surface area contributed by atoms with Gasteiger partial charge in [0.25, 0.3) is 0 Å². The Morgan fingerprint density at radius 2 is 1.49 bits per heavy atom. The van der Waals surface area contributed by atoms with Crippen molar-refractivity contribution in [3.8, 4) is 0 Å². The van der Waals surface area contributed by atoms with Crippen molar-refractivity contribution in [3.63, 3.8) is 0 Å². The molecule has 12 heteroatoms. The van der Waals surface area contributed by atoms with Gasteiger partial charge in [-0.25, -0.2) is 8.42 Å². The number of nitrogens with zero attached hydrogens (tertiary/aromatic N) is 2. The zero-order valence-electron chi connectivity index (χ0n) is 23.6. The normalized spacial score (nSPS) is 14.6. The van der Waals surface area contributed by atoms with Crippen LogP contribution in [0.5, 0.6) is 0 Å². The van der Waals surface area contributed by atoms with Crippen LogP contribution in [0, 0.1) is 0 Å². The second-order valence-electron chi connectivity index (χ2n) is 10.7. The van der Waals surface area contributed by atoms with Gasteiger partial charge in [-0.05, 0) is 48.7 Å². The average Bonchev–Trinajstić information content (AvgIpc) is 2.94. The fraction of sp³-hybridized carbons (Fsp3) is 0.355. The summed E-state index contributed by atoms with van der Waals surface area (Å²) in [6.45, 7) is -0.736. The quantitative estimate of drug-likeness (QED) is 0.232. The molecule has 0 saturated heterocycles. The molecule has 4 rings (SSSR count). The van der Waals surface area contributed by atoms with E-state index in [0.29, 0.717) is 15.6 Å². The summed E-state index contributed by atoms with van der Waals surface area (Å²) in [5.41, 5.74) is 1.39. The molecule has 1 aliphatic rings. The lowest BCUT2D eigenvalue weighted by molar-refractivity contribution is -0.140. The second kappa shape index (κ2) is 15.0. The molecule has 3 aromatic rings. The summed E-state index contributed by atoms with van der Waals surface area (Å²) in [5.74, 6) is -0.957. The molecule has 1 atom stereocenters. The average molecular weight is 686 g/mol. The zero-order valence-corrected chi connectivity index (χ0v) is 27.5. The van der Waals surface area contributed by atoms with E-state index in [0.717, 1.165) is 48.2 Å². The van der Waals surface area contributed by atoms with E-state index in [2.05, 4.69) is 5.32 Å². The SMILES string of the molecule is CS(=O)(=O)N(CC(=O)N(Cc1c(Cl)cccc1Cl)[C@H](Cc1ccccc1)C(=O)NC1CCCCC1)c1cc(Cl)cc(Cl)c1. The van der Waals surface area contributed by atoms with Gasteiger partial charge in [-0.3, -0.25) is 13.9 Å². The summed E-state index contributed by atoms with van der Waals surface area (Å²) in [7, 11) is -3.98. The molecule has 1 fully saturated rings. The van der Waals surface area contributed by atoms with E-state index in [9.17, 15) is 18.0 Å². The van der Waals surface area contributed by atoms with Gasteiger partial charge in [0, 0.05) is 44.7 Å². The highest BCUT2D eigenvalue weighted by Crippen LogP contribution is 2.30. The minimum Gasteiger partial charge on any atom is -0.352 e. The summed E-state index contributed by atoms with van der Waals surface area (Å²) in [6.07, 6.45) is 6.02. The summed E-state index contributed by atoms with van der Waals surface area (Å²) >= 11 is 25.4. The van der Waals surface area contributed by atoms with Crippen molar-refractivity contribution in [1.82, 2.24) is 10.2 Å². The maximum absolute atomic E-state index is 14.3. The second-order valence-corrected chi connectivity index (χ2v) is 14.3. The van der Waals surface area contributed by atoms with Crippen LogP contribution in [0.2, 0.25) is 20.1 Å². The van der Waals surface area contributed by atoms with Gasteiger partial charge in [-0.1, -0.05) is 102 Å². The summed E-state index contributed by atoms with van der Waals surface area (Å²) in [6, 6.07) is 17.6. The van der Waals surface area contributed by atoms with Crippen molar-refractivity contribution >= 4 is 73.9 Å². The standard InChI is InChI=1S/C31H33Cl4N3O4S/c1-43(41,42)38(25-17-22(32)16-23(33)18-25)20-30(39)37(19-26-27(34)13-8-14-28(26)35)29(15-21-9-4-2-5-10-21)31(40)36-24-11-6-3-7-12-24/h2,4-5,8-10,13-14,16-18,24,29H,3,6-7,11-12,15,19-20H2,1H3,(H,36,40)/t29-/m1/s1. The van der Waals surface area contributed by atoms with Crippen molar-refractivity contribution < 1.29 is 18.0 Å². The van der Waals surface area contributed by atoms with Crippen LogP contribution in [-0.2, 0) is 32.6 Å². The van der Waals surface area contributed by atoms with Crippen LogP contribution < -0.4 is 9.62 Å². The first-order valence-electron chi connectivity index (χ1n) is 13.9. The van der Waals surface area contributed by atoms with Crippen molar-refractivity contribution in [1.29, 1.82) is 0 Å². The molecule has 0 aliphatic heterocycles. The smallest absolute Gasteiger partial charge is 0.244 e. The summed E-state index contributed by atoms with van der Waals surface area (Å²) < 4.78 is 26.9. The molecule has 2 amide bonds. The predicted molar refractivity (Wildman–Crippen MR) is 175 cm³/mol. The van der Waals surface area contributed by atoms with Crippen molar-refractivity contribution in [2.45, 2.75) is 57.2 Å². The molecule has 0 bridgehead atoms. The molecule has 1 saturated carbocycles. The van der Waals surface area contributed by atoms with E-state index in [1.54, 1.807) is 18.2 Å². The molecular weight excluding hydrogens is 652 g/mol. The summed E-state index contributed by atoms with van der Waals surface area (Å²) in [5, 5.41) is 4.20. The van der Waals surface area contributed by atoms with E-state index < -0.39 is 28.5 Å². The zero-order chi connectivity index (χ0) is 31.1. The molecule has 0 aromatic heterocycles. The molecule has 0 spiro atoms. The van der Waals surface area contributed by atoms with Crippen LogP contribution in [0.25, 0.3) is 0 Å². The number of carbonyl (C=O) groups is 2. The predicted octanol–water partition coefficient (Wildman–Crippen LogP) is 7.16. The Morgan fingerprint density at radius 3 is 2.07 bits per heavy atom. The highest BCUT2D eigenvalue weighted by atomic mass is 35.5. The minimum absolute atomic E-state index is 0.0125. The van der Waals surface area contributed by atoms with Gasteiger partial charge in [0.15, 0.2) is 0 Å². The fourth-order valence-corrected chi connectivity index (χ4v) is 7.11. The molecule has 230 valence electrons. The van der Waals surface area contributed by atoms with E-state index in [4.69, 9.17) is 46.4 Å². The number of rotatable bonds is 11. The van der Waals surface area contributed by atoms with Crippen LogP contribution >= 0.6 is 46.4 Å². The number of hydrogen-bond acceptors (Lipinski definition) is 4. The topological polar surface area (TPSA) is 86.8 Å². The lowest BCUT2D eigenvalue weighted by Crippen LogP contribution is -2.55. The summed E-state index contributed by atoms with van der Waals surface area (Å²) in [4.78, 5) is 29.7. The Kier molecular flexibility index (Phi) is 11.6. The third-order valence-electron chi connectivity index (χ3n) is 7.43. The largest absolute Gasteiger partial charge is 0.352 e. The Labute approximate surface area is 273 Å². The maximum atomic E-state index is 14.3. The van der Waals surface area contributed by atoms with Crippen LogP contribution in [0.3, 0.4) is 0 Å². The van der Waals surface area contributed by atoms with Gasteiger partial charge in [0.05, 0.1) is 11.9 Å². The van der Waals surface area contributed by atoms with Crippen molar-refractivity contribution in [3.05, 3.63) is 97.9 Å². The Hall–Kier alpha value is -2.49. The first-order valence-corrected chi connectivity index (χ1v) is 17.3. The maximum Gasteiger partial charge on any atom is 0.244 e. The van der Waals surface area contributed by atoms with E-state index in [-0.39, 0.29) is 40.6 Å². The van der Waals surface area contributed by atoms with Crippen LogP contribution in [0.1, 0.15) is 43.2 Å². The van der Waals surface area contributed by atoms with E-state index in [1.165, 1.54) is 23.1 Å². The number of anilines is 1. The first kappa shape index (κ1) is 33.4. The third kappa shape index (κ3) is 9.25. The number of benzene rings is 3. The van der Waals surface area contributed by atoms with Crippen molar-refractivity contribution in [2.24, 2.45) is 0 Å². The number of halogens is 4. The Bertz CT molecular complexity index is 1510. The molecule has 1 aliphatic carbocycles. The van der Waals surface area contributed by atoms with E-state index >= 15 is 0 Å². The molecule has 0 heterocycles. The third-order valence-corrected chi connectivity index (χ3v) is 9.71. The van der Waals surface area contributed by atoms with E-state index in [1.807, 2.05) is 30.3 Å². The van der Waals surface area contributed by atoms with Gasteiger partial charge in [0.1, 0.15) is 12.6 Å². The lowest BCUT2D eigenvalue weighted by Gasteiger charge is -2.35. The molecule has 1 N–H and O–H groups in total. The Morgan fingerprint density at radius 1 is 0.884 bits per heavy atom. The number of hydrogen-bond donors (Lipinski definition) is 1. The van der Waals surface area contributed by atoms with Crippen LogP contribution in [0.4, 0.5) is 5.69 Å². The molecule has 43 heavy (non-hydrogen) atoms. The highest BCUT2D eigenvalue weighted by molar-refractivity contribution is 7.92. The first-order chi connectivity index (χ1) is 20.4.